The molecule has 5 nitrogen and oxygen atoms in total. The van der Waals surface area contributed by atoms with Crippen molar-refractivity contribution in [2.24, 2.45) is 5.92 Å². The first kappa shape index (κ1) is 16.3. The quantitative estimate of drug-likeness (QED) is 0.839. The van der Waals surface area contributed by atoms with E-state index < -0.39 is 11.9 Å². The molecule has 3 rings (SSSR count). The summed E-state index contributed by atoms with van der Waals surface area (Å²) in [5.41, 5.74) is 2.33. The van der Waals surface area contributed by atoms with E-state index in [0.717, 1.165) is 30.4 Å². The zero-order valence-electron chi connectivity index (χ0n) is 13.4. The standard InChI is InChI=1S/C19H21NO4/c21-18(20-17-8-3-1-2-7-16(17)19(22)23)14-6-4-5-13(11-14)15-9-10-24-12-15/h4-6,9-12,16-17H,1-3,7-8H2,(H,20,21)(H,22,23)/t16-,17+/m1/s1. The topological polar surface area (TPSA) is 79.5 Å². The van der Waals surface area contributed by atoms with Crippen LogP contribution in [0.5, 0.6) is 0 Å². The third-order valence-corrected chi connectivity index (χ3v) is 4.63. The van der Waals surface area contributed by atoms with Crippen LogP contribution >= 0.6 is 0 Å². The van der Waals surface area contributed by atoms with Crippen LogP contribution in [0.3, 0.4) is 0 Å². The first-order valence-electron chi connectivity index (χ1n) is 8.31. The lowest BCUT2D eigenvalue weighted by atomic mass is 9.94. The number of furan rings is 1. The fourth-order valence-corrected chi connectivity index (χ4v) is 3.30. The van der Waals surface area contributed by atoms with Crippen molar-refractivity contribution in [2.75, 3.05) is 0 Å². The maximum absolute atomic E-state index is 12.6. The van der Waals surface area contributed by atoms with E-state index in [4.69, 9.17) is 4.42 Å². The minimum atomic E-state index is -0.825. The summed E-state index contributed by atoms with van der Waals surface area (Å²) in [7, 11) is 0. The number of nitrogens with one attached hydrogen (secondary N) is 1. The normalized spacial score (nSPS) is 21.0. The van der Waals surface area contributed by atoms with Gasteiger partial charge in [0.15, 0.2) is 0 Å². The lowest BCUT2D eigenvalue weighted by Gasteiger charge is -2.23. The Balaban J connectivity index is 1.76. The SMILES string of the molecule is O=C(N[C@H]1CCCCC[C@H]1C(=O)O)c1cccc(-c2ccoc2)c1. The average molecular weight is 327 g/mol. The number of carboxylic acids is 1. The molecule has 1 fully saturated rings. The Morgan fingerprint density at radius 1 is 1.08 bits per heavy atom. The van der Waals surface area contributed by atoms with Gasteiger partial charge in [0, 0.05) is 17.2 Å². The van der Waals surface area contributed by atoms with Crippen molar-refractivity contribution in [3.05, 3.63) is 48.4 Å². The van der Waals surface area contributed by atoms with Gasteiger partial charge in [-0.3, -0.25) is 9.59 Å². The van der Waals surface area contributed by atoms with Gasteiger partial charge >= 0.3 is 5.97 Å². The number of carbonyl (C=O) groups excluding carboxylic acids is 1. The summed E-state index contributed by atoms with van der Waals surface area (Å²) in [4.78, 5) is 24.1. The molecule has 0 saturated heterocycles. The van der Waals surface area contributed by atoms with E-state index in [2.05, 4.69) is 5.32 Å². The van der Waals surface area contributed by atoms with Crippen molar-refractivity contribution < 1.29 is 19.1 Å². The monoisotopic (exact) mass is 327 g/mol. The fraction of sp³-hybridized carbons (Fsp3) is 0.368. The van der Waals surface area contributed by atoms with Crippen molar-refractivity contribution in [2.45, 2.75) is 38.1 Å². The third-order valence-electron chi connectivity index (χ3n) is 4.63. The van der Waals surface area contributed by atoms with Gasteiger partial charge in [-0.25, -0.2) is 0 Å². The van der Waals surface area contributed by atoms with Crippen LogP contribution in [0.2, 0.25) is 0 Å². The highest BCUT2D eigenvalue weighted by atomic mass is 16.4. The van der Waals surface area contributed by atoms with Gasteiger partial charge in [-0.15, -0.1) is 0 Å². The highest BCUT2D eigenvalue weighted by Gasteiger charge is 2.30. The molecule has 1 saturated carbocycles. The van der Waals surface area contributed by atoms with Crippen molar-refractivity contribution in [3.63, 3.8) is 0 Å². The number of aliphatic carboxylic acids is 1. The number of carbonyl (C=O) groups is 2. The summed E-state index contributed by atoms with van der Waals surface area (Å²) in [6.07, 6.45) is 7.42. The predicted molar refractivity (Wildman–Crippen MR) is 89.6 cm³/mol. The Kier molecular flexibility index (Phi) is 4.99. The second-order valence-corrected chi connectivity index (χ2v) is 6.26. The van der Waals surface area contributed by atoms with E-state index in [-0.39, 0.29) is 11.9 Å². The molecule has 1 aliphatic rings. The molecule has 1 aromatic carbocycles. The lowest BCUT2D eigenvalue weighted by Crippen LogP contribution is -2.42. The number of carboxylic acid groups (broad SMARTS) is 1. The van der Waals surface area contributed by atoms with Crippen LogP contribution < -0.4 is 5.32 Å². The molecule has 0 unspecified atom stereocenters. The van der Waals surface area contributed by atoms with Crippen LogP contribution in [0.4, 0.5) is 0 Å². The van der Waals surface area contributed by atoms with Gasteiger partial charge in [0.25, 0.3) is 5.91 Å². The minimum absolute atomic E-state index is 0.224. The number of rotatable bonds is 4. The second kappa shape index (κ2) is 7.34. The highest BCUT2D eigenvalue weighted by molar-refractivity contribution is 5.96. The Labute approximate surface area is 140 Å². The van der Waals surface area contributed by atoms with Crippen LogP contribution in [0.15, 0.2) is 47.3 Å². The van der Waals surface area contributed by atoms with Crippen LogP contribution in [0, 0.1) is 5.92 Å². The number of hydrogen-bond donors (Lipinski definition) is 2. The number of hydrogen-bond acceptors (Lipinski definition) is 3. The summed E-state index contributed by atoms with van der Waals surface area (Å²) >= 11 is 0. The first-order chi connectivity index (χ1) is 11.6. The molecule has 0 radical (unpaired) electrons. The van der Waals surface area contributed by atoms with E-state index in [1.54, 1.807) is 24.7 Å². The average Bonchev–Trinajstić information content (AvgIpc) is 3.02. The zero-order valence-corrected chi connectivity index (χ0v) is 13.4. The molecule has 0 spiro atoms. The molecule has 1 amide bonds. The molecule has 0 aliphatic heterocycles. The molecule has 126 valence electrons. The lowest BCUT2D eigenvalue weighted by molar-refractivity contribution is -0.142. The Bertz CT molecular complexity index is 708. The molecule has 2 aromatic rings. The van der Waals surface area contributed by atoms with Crippen molar-refractivity contribution >= 4 is 11.9 Å². The van der Waals surface area contributed by atoms with Gasteiger partial charge in [-0.1, -0.05) is 31.4 Å². The maximum atomic E-state index is 12.6. The van der Waals surface area contributed by atoms with E-state index in [1.807, 2.05) is 18.2 Å². The maximum Gasteiger partial charge on any atom is 0.308 e. The van der Waals surface area contributed by atoms with E-state index in [1.165, 1.54) is 0 Å². The molecule has 2 atom stereocenters. The smallest absolute Gasteiger partial charge is 0.308 e. The van der Waals surface area contributed by atoms with Gasteiger partial charge < -0.3 is 14.8 Å². The largest absolute Gasteiger partial charge is 0.481 e. The van der Waals surface area contributed by atoms with Gasteiger partial charge in [0.2, 0.25) is 0 Å². The van der Waals surface area contributed by atoms with Gasteiger partial charge in [-0.2, -0.15) is 0 Å². The number of benzene rings is 1. The molecule has 1 aliphatic carbocycles. The Morgan fingerprint density at radius 2 is 1.92 bits per heavy atom. The molecule has 0 bridgehead atoms. The first-order valence-corrected chi connectivity index (χ1v) is 8.31. The molecule has 1 aromatic heterocycles. The van der Waals surface area contributed by atoms with Gasteiger partial charge in [-0.05, 0) is 36.6 Å². The Morgan fingerprint density at radius 3 is 2.67 bits per heavy atom. The summed E-state index contributed by atoms with van der Waals surface area (Å²) in [5.74, 6) is -1.55. The van der Waals surface area contributed by atoms with Crippen LogP contribution in [-0.4, -0.2) is 23.0 Å². The van der Waals surface area contributed by atoms with E-state index in [0.29, 0.717) is 18.4 Å². The van der Waals surface area contributed by atoms with Crippen LogP contribution in [0.1, 0.15) is 42.5 Å². The molecular weight excluding hydrogens is 306 g/mol. The van der Waals surface area contributed by atoms with Gasteiger partial charge in [0.05, 0.1) is 18.4 Å². The minimum Gasteiger partial charge on any atom is -0.481 e. The van der Waals surface area contributed by atoms with E-state index >= 15 is 0 Å². The summed E-state index contributed by atoms with van der Waals surface area (Å²) in [6.45, 7) is 0. The summed E-state index contributed by atoms with van der Waals surface area (Å²) in [5, 5.41) is 12.4. The molecular formula is C19H21NO4. The van der Waals surface area contributed by atoms with Crippen LogP contribution in [0.25, 0.3) is 11.1 Å². The number of amides is 1. The fourth-order valence-electron chi connectivity index (χ4n) is 3.30. The van der Waals surface area contributed by atoms with Crippen molar-refractivity contribution in [1.29, 1.82) is 0 Å². The highest BCUT2D eigenvalue weighted by Crippen LogP contribution is 2.25. The van der Waals surface area contributed by atoms with E-state index in [9.17, 15) is 14.7 Å². The zero-order chi connectivity index (χ0) is 16.9. The molecule has 24 heavy (non-hydrogen) atoms. The van der Waals surface area contributed by atoms with Crippen LogP contribution in [-0.2, 0) is 4.79 Å². The summed E-state index contributed by atoms with van der Waals surface area (Å²) < 4.78 is 5.08. The molecule has 5 heteroatoms. The second-order valence-electron chi connectivity index (χ2n) is 6.26. The third kappa shape index (κ3) is 3.67. The predicted octanol–water partition coefficient (Wildman–Crippen LogP) is 3.71. The van der Waals surface area contributed by atoms with Crippen molar-refractivity contribution in [1.82, 2.24) is 5.32 Å². The van der Waals surface area contributed by atoms with Crippen molar-refractivity contribution in [3.8, 4) is 11.1 Å². The van der Waals surface area contributed by atoms with Gasteiger partial charge in [0.1, 0.15) is 0 Å². The summed E-state index contributed by atoms with van der Waals surface area (Å²) in [6, 6.07) is 8.79. The Hall–Kier alpha value is -2.56. The molecule has 2 N–H and O–H groups in total. The molecule has 1 heterocycles.